The first-order valence-corrected chi connectivity index (χ1v) is 3.99. The molecule has 1 aromatic rings. The molecule has 72 valence electrons. The number of rotatable bonds is 1. The van der Waals surface area contributed by atoms with Gasteiger partial charge in [0.1, 0.15) is 5.82 Å². The number of benzene rings is 1. The molecule has 0 radical (unpaired) electrons. The van der Waals surface area contributed by atoms with Gasteiger partial charge >= 0.3 is 0 Å². The summed E-state index contributed by atoms with van der Waals surface area (Å²) in [5.41, 5.74) is 0.864. The Labute approximate surface area is 75.4 Å². The van der Waals surface area contributed by atoms with Crippen molar-refractivity contribution in [3.8, 4) is 0 Å². The number of aryl methyl sites for hydroxylation is 2. The van der Waals surface area contributed by atoms with Gasteiger partial charge in [0, 0.05) is 0 Å². The summed E-state index contributed by atoms with van der Waals surface area (Å²) in [7, 11) is 0. The first kappa shape index (κ1) is 10.1. The zero-order valence-corrected chi connectivity index (χ0v) is 7.79. The fourth-order valence-electron chi connectivity index (χ4n) is 1.35. The lowest BCUT2D eigenvalue weighted by molar-refractivity contribution is 0.145. The van der Waals surface area contributed by atoms with Gasteiger partial charge in [0.2, 0.25) is 0 Å². The quantitative estimate of drug-likeness (QED) is 0.630. The second-order valence-electron chi connectivity index (χ2n) is 3.16. The van der Waals surface area contributed by atoms with Crippen LogP contribution < -0.4 is 0 Å². The van der Waals surface area contributed by atoms with Crippen LogP contribution in [0.15, 0.2) is 6.07 Å². The molecular weight excluding hydrogens is 177 g/mol. The normalized spacial score (nSPS) is 11.0. The first-order chi connectivity index (χ1) is 5.95. The van der Waals surface area contributed by atoms with E-state index in [0.29, 0.717) is 11.1 Å². The minimum Gasteiger partial charge on any atom is -0.206 e. The molecule has 0 aromatic heterocycles. The van der Waals surface area contributed by atoms with E-state index in [9.17, 15) is 13.2 Å². The van der Waals surface area contributed by atoms with Crippen LogP contribution in [0, 0.1) is 26.6 Å². The van der Waals surface area contributed by atoms with E-state index in [0.717, 1.165) is 0 Å². The van der Waals surface area contributed by atoms with Gasteiger partial charge in [-0.1, -0.05) is 6.07 Å². The van der Waals surface area contributed by atoms with Crippen molar-refractivity contribution >= 4 is 0 Å². The molecule has 0 heterocycles. The molecule has 0 aliphatic carbocycles. The van der Waals surface area contributed by atoms with Crippen molar-refractivity contribution in [2.24, 2.45) is 0 Å². The smallest absolute Gasteiger partial charge is 0.206 e. The highest BCUT2D eigenvalue weighted by Gasteiger charge is 2.19. The Hall–Kier alpha value is -0.990. The molecule has 0 N–H and O–H groups in total. The van der Waals surface area contributed by atoms with Crippen molar-refractivity contribution < 1.29 is 13.2 Å². The van der Waals surface area contributed by atoms with E-state index in [1.807, 2.05) is 0 Å². The maximum absolute atomic E-state index is 13.2. The number of alkyl halides is 2. The lowest BCUT2D eigenvalue weighted by Gasteiger charge is -2.11. The van der Waals surface area contributed by atoms with E-state index in [1.165, 1.54) is 13.8 Å². The highest BCUT2D eigenvalue weighted by molar-refractivity contribution is 5.39. The molecule has 0 unspecified atom stereocenters. The summed E-state index contributed by atoms with van der Waals surface area (Å²) < 4.78 is 38.0. The highest BCUT2D eigenvalue weighted by atomic mass is 19.3. The van der Waals surface area contributed by atoms with E-state index >= 15 is 0 Å². The molecule has 0 saturated carbocycles. The van der Waals surface area contributed by atoms with Crippen LogP contribution in [0.5, 0.6) is 0 Å². The van der Waals surface area contributed by atoms with E-state index in [1.54, 1.807) is 13.0 Å². The van der Waals surface area contributed by atoms with E-state index in [4.69, 9.17) is 0 Å². The Morgan fingerprint density at radius 3 is 2.08 bits per heavy atom. The molecule has 0 amide bonds. The summed E-state index contributed by atoms with van der Waals surface area (Å²) in [6, 6.07) is 1.58. The largest absolute Gasteiger partial charge is 0.266 e. The average Bonchev–Trinajstić information content (AvgIpc) is 2.01. The van der Waals surface area contributed by atoms with Gasteiger partial charge in [0.15, 0.2) is 0 Å². The molecule has 0 aliphatic rings. The molecule has 1 rings (SSSR count). The average molecular weight is 188 g/mol. The Kier molecular flexibility index (Phi) is 2.64. The van der Waals surface area contributed by atoms with Crippen LogP contribution in [0.4, 0.5) is 13.2 Å². The standard InChI is InChI=1S/C10H11F3/c1-5-4-6(2)9(11)8(7(5)3)10(12)13/h4,10H,1-3H3. The van der Waals surface area contributed by atoms with Crippen molar-refractivity contribution in [1.29, 1.82) is 0 Å². The molecule has 0 bridgehead atoms. The SMILES string of the molecule is Cc1cc(C)c(F)c(C(F)F)c1C. The number of hydrogen-bond donors (Lipinski definition) is 0. The Morgan fingerprint density at radius 2 is 1.62 bits per heavy atom. The summed E-state index contributed by atoms with van der Waals surface area (Å²) in [5, 5.41) is 0. The molecule has 0 spiro atoms. The van der Waals surface area contributed by atoms with Crippen molar-refractivity contribution in [3.05, 3.63) is 34.1 Å². The molecule has 0 atom stereocenters. The predicted molar refractivity (Wildman–Crippen MR) is 45.6 cm³/mol. The van der Waals surface area contributed by atoms with Crippen molar-refractivity contribution in [2.75, 3.05) is 0 Å². The molecule has 0 fully saturated rings. The van der Waals surface area contributed by atoms with Gasteiger partial charge < -0.3 is 0 Å². The minimum atomic E-state index is -2.74. The maximum Gasteiger partial charge on any atom is 0.266 e. The Morgan fingerprint density at radius 1 is 1.08 bits per heavy atom. The monoisotopic (exact) mass is 188 g/mol. The molecular formula is C10H11F3. The molecule has 0 saturated heterocycles. The fourth-order valence-corrected chi connectivity index (χ4v) is 1.35. The van der Waals surface area contributed by atoms with Crippen molar-refractivity contribution in [2.45, 2.75) is 27.2 Å². The zero-order chi connectivity index (χ0) is 10.2. The van der Waals surface area contributed by atoms with Gasteiger partial charge in [-0.25, -0.2) is 13.2 Å². The van der Waals surface area contributed by atoms with Gasteiger partial charge in [-0.2, -0.15) is 0 Å². The third kappa shape index (κ3) is 1.69. The van der Waals surface area contributed by atoms with Gasteiger partial charge in [-0.15, -0.1) is 0 Å². The predicted octanol–water partition coefficient (Wildman–Crippen LogP) is 3.69. The van der Waals surface area contributed by atoms with Crippen LogP contribution >= 0.6 is 0 Å². The van der Waals surface area contributed by atoms with Crippen molar-refractivity contribution in [1.82, 2.24) is 0 Å². The second kappa shape index (κ2) is 3.40. The number of halogens is 3. The van der Waals surface area contributed by atoms with Gasteiger partial charge in [-0.05, 0) is 37.5 Å². The van der Waals surface area contributed by atoms with Crippen molar-refractivity contribution in [3.63, 3.8) is 0 Å². The lowest BCUT2D eigenvalue weighted by Crippen LogP contribution is -2.00. The molecule has 13 heavy (non-hydrogen) atoms. The van der Waals surface area contributed by atoms with Crippen LogP contribution in [0.3, 0.4) is 0 Å². The summed E-state index contributed by atoms with van der Waals surface area (Å²) in [5.74, 6) is -0.780. The second-order valence-corrected chi connectivity index (χ2v) is 3.16. The van der Waals surface area contributed by atoms with Crippen LogP contribution in [0.25, 0.3) is 0 Å². The van der Waals surface area contributed by atoms with Crippen LogP contribution in [0.1, 0.15) is 28.7 Å². The van der Waals surface area contributed by atoms with Crippen LogP contribution in [-0.4, -0.2) is 0 Å². The Bertz CT molecular complexity index is 303. The summed E-state index contributed by atoms with van der Waals surface area (Å²) in [4.78, 5) is 0. The topological polar surface area (TPSA) is 0 Å². The van der Waals surface area contributed by atoms with E-state index < -0.39 is 17.8 Å². The molecule has 1 aromatic carbocycles. The third-order valence-corrected chi connectivity index (χ3v) is 2.23. The zero-order valence-electron chi connectivity index (χ0n) is 7.79. The first-order valence-electron chi connectivity index (χ1n) is 3.99. The van der Waals surface area contributed by atoms with Gasteiger partial charge in [0.05, 0.1) is 5.56 Å². The highest BCUT2D eigenvalue weighted by Crippen LogP contribution is 2.29. The van der Waals surface area contributed by atoms with Gasteiger partial charge in [-0.3, -0.25) is 0 Å². The fraction of sp³-hybridized carbons (Fsp3) is 0.400. The minimum absolute atomic E-state index is 0.276. The van der Waals surface area contributed by atoms with E-state index in [2.05, 4.69) is 0 Å². The maximum atomic E-state index is 13.2. The summed E-state index contributed by atoms with van der Waals surface area (Å²) in [6.45, 7) is 4.71. The third-order valence-electron chi connectivity index (χ3n) is 2.23. The molecule has 0 aliphatic heterocycles. The lowest BCUT2D eigenvalue weighted by atomic mass is 9.99. The number of hydrogen-bond acceptors (Lipinski definition) is 0. The Balaban J connectivity index is 3.46. The summed E-state index contributed by atoms with van der Waals surface area (Å²) >= 11 is 0. The van der Waals surface area contributed by atoms with Crippen LogP contribution in [0.2, 0.25) is 0 Å². The molecule has 0 nitrogen and oxygen atoms in total. The van der Waals surface area contributed by atoms with E-state index in [-0.39, 0.29) is 5.56 Å². The van der Waals surface area contributed by atoms with Gasteiger partial charge in [0.25, 0.3) is 6.43 Å². The van der Waals surface area contributed by atoms with Crippen LogP contribution in [-0.2, 0) is 0 Å². The summed E-state index contributed by atoms with van der Waals surface area (Å²) in [6.07, 6.45) is -2.74. The molecule has 3 heteroatoms.